The van der Waals surface area contributed by atoms with Crippen molar-refractivity contribution in [1.29, 1.82) is 0 Å². The molecule has 0 atom stereocenters. The van der Waals surface area contributed by atoms with Gasteiger partial charge in [0.25, 0.3) is 0 Å². The van der Waals surface area contributed by atoms with Gasteiger partial charge in [-0.2, -0.15) is 0 Å². The summed E-state index contributed by atoms with van der Waals surface area (Å²) in [4.78, 5) is 13.1. The molecule has 0 fully saturated rings. The Hall–Kier alpha value is -2.07. The summed E-state index contributed by atoms with van der Waals surface area (Å²) in [6, 6.07) is 14.4. The van der Waals surface area contributed by atoms with Gasteiger partial charge in [0, 0.05) is 17.5 Å². The first-order chi connectivity index (χ1) is 9.78. The van der Waals surface area contributed by atoms with E-state index in [0.717, 1.165) is 16.6 Å². The third kappa shape index (κ3) is 2.47. The predicted molar refractivity (Wildman–Crippen MR) is 81.5 cm³/mol. The van der Waals surface area contributed by atoms with E-state index in [4.69, 9.17) is 4.74 Å². The van der Waals surface area contributed by atoms with E-state index < -0.39 is 0 Å². The van der Waals surface area contributed by atoms with Crippen molar-refractivity contribution in [1.82, 2.24) is 4.57 Å². The summed E-state index contributed by atoms with van der Waals surface area (Å²) in [7, 11) is 0. The number of nitrogens with zero attached hydrogens (tertiary/aromatic N) is 1. The van der Waals surface area contributed by atoms with Crippen LogP contribution in [0.3, 0.4) is 0 Å². The maximum absolute atomic E-state index is 11.8. The van der Waals surface area contributed by atoms with Gasteiger partial charge < -0.3 is 4.74 Å². The molecule has 20 heavy (non-hydrogen) atoms. The second kappa shape index (κ2) is 5.51. The van der Waals surface area contributed by atoms with Crippen LogP contribution >= 0.6 is 11.3 Å². The van der Waals surface area contributed by atoms with Gasteiger partial charge in [-0.05, 0) is 24.6 Å². The number of carbonyl (C=O) groups excluding carboxylic acids is 1. The number of fused-ring (bicyclic) bond motifs is 1. The van der Waals surface area contributed by atoms with Gasteiger partial charge in [0.1, 0.15) is 0 Å². The van der Waals surface area contributed by atoms with Gasteiger partial charge in [-0.25, -0.2) is 4.79 Å². The fourth-order valence-electron chi connectivity index (χ4n) is 2.21. The molecule has 2 heterocycles. The summed E-state index contributed by atoms with van der Waals surface area (Å²) in [5.74, 6) is 0. The van der Waals surface area contributed by atoms with E-state index in [2.05, 4.69) is 18.2 Å². The minimum Gasteiger partial charge on any atom is -0.449 e. The Labute approximate surface area is 121 Å². The molecule has 3 rings (SSSR count). The molecule has 0 saturated heterocycles. The molecule has 0 aliphatic heterocycles. The van der Waals surface area contributed by atoms with Crippen LogP contribution in [0.2, 0.25) is 0 Å². The lowest BCUT2D eigenvalue weighted by molar-refractivity contribution is 0.155. The van der Waals surface area contributed by atoms with Crippen molar-refractivity contribution in [2.24, 2.45) is 0 Å². The van der Waals surface area contributed by atoms with Crippen molar-refractivity contribution < 1.29 is 9.53 Å². The maximum Gasteiger partial charge on any atom is 0.418 e. The summed E-state index contributed by atoms with van der Waals surface area (Å²) >= 11 is 1.72. The Balaban J connectivity index is 1.90. The average molecular weight is 285 g/mol. The van der Waals surface area contributed by atoms with E-state index in [1.54, 1.807) is 22.1 Å². The maximum atomic E-state index is 11.8. The quantitative estimate of drug-likeness (QED) is 0.718. The van der Waals surface area contributed by atoms with Crippen LogP contribution in [-0.4, -0.2) is 17.3 Å². The highest BCUT2D eigenvalue weighted by atomic mass is 32.1. The largest absolute Gasteiger partial charge is 0.449 e. The number of aromatic nitrogens is 1. The van der Waals surface area contributed by atoms with Crippen LogP contribution in [0, 0.1) is 0 Å². The van der Waals surface area contributed by atoms with Crippen molar-refractivity contribution in [2.75, 3.05) is 6.61 Å². The SMILES string of the molecule is CCOC(=O)n1ccc2sc(Cc3ccccc3)cc21. The summed E-state index contributed by atoms with van der Waals surface area (Å²) in [6.07, 6.45) is 2.35. The molecule has 0 N–H and O–H groups in total. The van der Waals surface area contributed by atoms with E-state index >= 15 is 0 Å². The standard InChI is InChI=1S/C16H15NO2S/c1-2-19-16(18)17-9-8-15-14(17)11-13(20-15)10-12-6-4-3-5-7-12/h3-9,11H,2,10H2,1H3. The number of hydrogen-bond acceptors (Lipinski definition) is 3. The second-order valence-electron chi connectivity index (χ2n) is 4.51. The molecule has 4 heteroatoms. The number of rotatable bonds is 3. The Morgan fingerprint density at radius 2 is 2.05 bits per heavy atom. The van der Waals surface area contributed by atoms with Crippen molar-refractivity contribution in [2.45, 2.75) is 13.3 Å². The molecule has 0 amide bonds. The third-order valence-electron chi connectivity index (χ3n) is 3.11. The first-order valence-corrected chi connectivity index (χ1v) is 7.40. The van der Waals surface area contributed by atoms with Gasteiger partial charge in [-0.1, -0.05) is 30.3 Å². The lowest BCUT2D eigenvalue weighted by Gasteiger charge is -2.02. The van der Waals surface area contributed by atoms with Gasteiger partial charge >= 0.3 is 6.09 Å². The highest BCUT2D eigenvalue weighted by Gasteiger charge is 2.12. The Morgan fingerprint density at radius 1 is 1.25 bits per heavy atom. The molecule has 0 saturated carbocycles. The lowest BCUT2D eigenvalue weighted by atomic mass is 10.1. The fraction of sp³-hybridized carbons (Fsp3) is 0.188. The zero-order chi connectivity index (χ0) is 13.9. The smallest absolute Gasteiger partial charge is 0.418 e. The number of benzene rings is 1. The number of ether oxygens (including phenoxy) is 1. The van der Waals surface area contributed by atoms with Gasteiger partial charge in [0.05, 0.1) is 16.8 Å². The topological polar surface area (TPSA) is 31.2 Å². The van der Waals surface area contributed by atoms with Gasteiger partial charge in [0.2, 0.25) is 0 Å². The van der Waals surface area contributed by atoms with E-state index in [-0.39, 0.29) is 6.09 Å². The van der Waals surface area contributed by atoms with Crippen LogP contribution in [0.5, 0.6) is 0 Å². The average Bonchev–Trinajstić information content (AvgIpc) is 2.99. The Kier molecular flexibility index (Phi) is 3.56. The molecule has 3 aromatic rings. The first kappa shape index (κ1) is 12.9. The molecule has 0 unspecified atom stereocenters. The summed E-state index contributed by atoms with van der Waals surface area (Å²) in [5, 5.41) is 0. The second-order valence-corrected chi connectivity index (χ2v) is 5.68. The normalized spacial score (nSPS) is 10.8. The molecule has 0 spiro atoms. The molecule has 3 nitrogen and oxygen atoms in total. The van der Waals surface area contributed by atoms with E-state index in [1.807, 2.05) is 31.2 Å². The Bertz CT molecular complexity index is 727. The summed E-state index contributed by atoms with van der Waals surface area (Å²) < 4.78 is 7.74. The summed E-state index contributed by atoms with van der Waals surface area (Å²) in [6.45, 7) is 2.20. The van der Waals surface area contributed by atoms with Crippen LogP contribution in [-0.2, 0) is 11.2 Å². The number of carbonyl (C=O) groups is 1. The molecule has 0 radical (unpaired) electrons. The van der Waals surface area contributed by atoms with Crippen LogP contribution in [0.15, 0.2) is 48.7 Å². The molecular formula is C16H15NO2S. The number of thiophene rings is 1. The molecule has 102 valence electrons. The highest BCUT2D eigenvalue weighted by molar-refractivity contribution is 7.19. The van der Waals surface area contributed by atoms with Crippen LogP contribution < -0.4 is 0 Å². The first-order valence-electron chi connectivity index (χ1n) is 6.58. The predicted octanol–water partition coefficient (Wildman–Crippen LogP) is 4.30. The molecule has 2 aromatic heterocycles. The molecule has 0 aliphatic rings. The van der Waals surface area contributed by atoms with Crippen molar-refractivity contribution in [3.63, 3.8) is 0 Å². The highest BCUT2D eigenvalue weighted by Crippen LogP contribution is 2.28. The fourth-order valence-corrected chi connectivity index (χ4v) is 3.30. The van der Waals surface area contributed by atoms with E-state index in [9.17, 15) is 4.79 Å². The van der Waals surface area contributed by atoms with Crippen LogP contribution in [0.25, 0.3) is 10.2 Å². The molecule has 1 aromatic carbocycles. The minimum atomic E-state index is -0.313. The molecule has 0 bridgehead atoms. The van der Waals surface area contributed by atoms with Crippen molar-refractivity contribution in [3.8, 4) is 0 Å². The Morgan fingerprint density at radius 3 is 2.80 bits per heavy atom. The van der Waals surface area contributed by atoms with E-state index in [1.165, 1.54) is 10.4 Å². The molecule has 0 aliphatic carbocycles. The monoisotopic (exact) mass is 285 g/mol. The van der Waals surface area contributed by atoms with Crippen molar-refractivity contribution >= 4 is 27.6 Å². The molecular weight excluding hydrogens is 270 g/mol. The zero-order valence-electron chi connectivity index (χ0n) is 11.2. The zero-order valence-corrected chi connectivity index (χ0v) is 12.0. The summed E-state index contributed by atoms with van der Waals surface area (Å²) in [5.41, 5.74) is 2.21. The lowest BCUT2D eigenvalue weighted by Crippen LogP contribution is -2.11. The number of hydrogen-bond donors (Lipinski definition) is 0. The third-order valence-corrected chi connectivity index (χ3v) is 4.20. The van der Waals surface area contributed by atoms with Gasteiger partial charge in [-0.3, -0.25) is 4.57 Å². The van der Waals surface area contributed by atoms with Crippen LogP contribution in [0.1, 0.15) is 17.4 Å². The van der Waals surface area contributed by atoms with Gasteiger partial charge in [-0.15, -0.1) is 11.3 Å². The minimum absolute atomic E-state index is 0.313. The van der Waals surface area contributed by atoms with E-state index in [0.29, 0.717) is 6.61 Å². The van der Waals surface area contributed by atoms with Crippen molar-refractivity contribution in [3.05, 3.63) is 59.1 Å². The van der Waals surface area contributed by atoms with Crippen LogP contribution in [0.4, 0.5) is 4.79 Å². The van der Waals surface area contributed by atoms with Gasteiger partial charge in [0.15, 0.2) is 0 Å².